The van der Waals surface area contributed by atoms with Crippen molar-refractivity contribution in [3.8, 4) is 0 Å². The highest BCUT2D eigenvalue weighted by Crippen LogP contribution is 2.25. The average molecular weight is 537 g/mol. The summed E-state index contributed by atoms with van der Waals surface area (Å²) in [6.45, 7) is 3.50. The highest BCUT2D eigenvalue weighted by molar-refractivity contribution is 7.92. The summed E-state index contributed by atoms with van der Waals surface area (Å²) >= 11 is 0. The summed E-state index contributed by atoms with van der Waals surface area (Å²) < 4.78 is 28.6. The van der Waals surface area contributed by atoms with E-state index in [-0.39, 0.29) is 23.8 Å². The fraction of sp³-hybridized carbons (Fsp3) is 0.200. The molecule has 0 fully saturated rings. The van der Waals surface area contributed by atoms with Crippen LogP contribution in [-0.4, -0.2) is 37.6 Å². The molecule has 0 radical (unpaired) electrons. The van der Waals surface area contributed by atoms with Crippen LogP contribution in [0.2, 0.25) is 0 Å². The van der Waals surface area contributed by atoms with E-state index in [4.69, 9.17) is 0 Å². The fourth-order valence-corrected chi connectivity index (χ4v) is 5.71. The molecule has 194 valence electrons. The van der Waals surface area contributed by atoms with E-state index in [1.807, 2.05) is 55.5 Å². The van der Waals surface area contributed by atoms with Gasteiger partial charge in [0.15, 0.2) is 0 Å². The van der Waals surface area contributed by atoms with Gasteiger partial charge < -0.3 is 5.11 Å². The van der Waals surface area contributed by atoms with Crippen molar-refractivity contribution in [2.24, 2.45) is 0 Å². The quantitative estimate of drug-likeness (QED) is 0.268. The molecule has 0 heterocycles. The highest BCUT2D eigenvalue weighted by Gasteiger charge is 2.28. The van der Waals surface area contributed by atoms with E-state index in [0.29, 0.717) is 25.3 Å². The second-order valence-corrected chi connectivity index (χ2v) is 10.8. The lowest BCUT2D eigenvalue weighted by molar-refractivity contribution is 0.111. The minimum absolute atomic E-state index is 0. The molecule has 1 N–H and O–H groups in total. The molecule has 4 aromatic rings. The van der Waals surface area contributed by atoms with Crippen molar-refractivity contribution in [2.45, 2.75) is 31.0 Å². The van der Waals surface area contributed by atoms with Gasteiger partial charge in [-0.1, -0.05) is 96.6 Å². The lowest BCUT2D eigenvalue weighted by Crippen LogP contribution is -2.42. The minimum atomic E-state index is -3.86. The molecule has 5 nitrogen and oxygen atoms in total. The molecule has 0 spiro atoms. The Morgan fingerprint density at radius 2 is 1.14 bits per heavy atom. The Hall–Kier alpha value is -3.16. The van der Waals surface area contributed by atoms with Crippen LogP contribution in [0, 0.1) is 6.92 Å². The van der Waals surface area contributed by atoms with Crippen molar-refractivity contribution in [3.63, 3.8) is 0 Å². The van der Waals surface area contributed by atoms with Gasteiger partial charge in [-0.25, -0.2) is 8.42 Å². The van der Waals surface area contributed by atoms with Crippen molar-refractivity contribution in [1.29, 1.82) is 0 Å². The van der Waals surface area contributed by atoms with Crippen LogP contribution < -0.4 is 4.31 Å². The number of aliphatic hydroxyl groups is 1. The Morgan fingerprint density at radius 1 is 0.676 bits per heavy atom. The van der Waals surface area contributed by atoms with Gasteiger partial charge in [-0.05, 0) is 42.3 Å². The van der Waals surface area contributed by atoms with Gasteiger partial charge in [0.1, 0.15) is 0 Å². The van der Waals surface area contributed by atoms with Crippen LogP contribution >= 0.6 is 12.4 Å². The molecule has 0 saturated heterocycles. The van der Waals surface area contributed by atoms with Gasteiger partial charge >= 0.3 is 0 Å². The highest BCUT2D eigenvalue weighted by atomic mass is 35.5. The van der Waals surface area contributed by atoms with Gasteiger partial charge in [0.25, 0.3) is 10.0 Å². The summed E-state index contributed by atoms with van der Waals surface area (Å²) in [7, 11) is -3.86. The first-order valence-electron chi connectivity index (χ1n) is 12.0. The standard InChI is InChI=1S/C30H32N2O3S.ClH/c1-25-17-19-28(20-18-25)32(36(34,35)30-15-9-4-10-16-30)24-29(33)23-31(21-26-11-5-2-6-12-26)22-27-13-7-3-8-14-27;/h2-20,29,33H,21-24H2,1H3;1H. The molecule has 0 amide bonds. The van der Waals surface area contributed by atoms with E-state index in [1.165, 1.54) is 4.31 Å². The van der Waals surface area contributed by atoms with E-state index < -0.39 is 16.1 Å². The maximum absolute atomic E-state index is 13.6. The third kappa shape index (κ3) is 7.91. The van der Waals surface area contributed by atoms with Crippen molar-refractivity contribution in [3.05, 3.63) is 132 Å². The molecule has 1 atom stereocenters. The van der Waals surface area contributed by atoms with Crippen LogP contribution in [0.25, 0.3) is 0 Å². The lowest BCUT2D eigenvalue weighted by atomic mass is 10.1. The summed E-state index contributed by atoms with van der Waals surface area (Å²) in [6, 6.07) is 35.9. The van der Waals surface area contributed by atoms with Crippen LogP contribution in [0.4, 0.5) is 5.69 Å². The number of sulfonamides is 1. The number of nitrogens with zero attached hydrogens (tertiary/aromatic N) is 2. The predicted molar refractivity (Wildman–Crippen MR) is 152 cm³/mol. The Bertz CT molecular complexity index is 1280. The molecule has 0 aliphatic carbocycles. The molecule has 4 rings (SSSR count). The van der Waals surface area contributed by atoms with Gasteiger partial charge in [-0.15, -0.1) is 12.4 Å². The smallest absolute Gasteiger partial charge is 0.264 e. The normalized spacial score (nSPS) is 12.1. The number of halogens is 1. The SMILES string of the molecule is Cc1ccc(N(CC(O)CN(Cc2ccccc2)Cc2ccccc2)S(=O)(=O)c2ccccc2)cc1.Cl. The topological polar surface area (TPSA) is 60.9 Å². The van der Waals surface area contributed by atoms with Crippen molar-refractivity contribution >= 4 is 28.1 Å². The number of rotatable bonds is 11. The Morgan fingerprint density at radius 3 is 1.62 bits per heavy atom. The Labute approximate surface area is 226 Å². The first-order valence-corrected chi connectivity index (χ1v) is 13.5. The molecule has 1 unspecified atom stereocenters. The van der Waals surface area contributed by atoms with Crippen LogP contribution in [0.5, 0.6) is 0 Å². The van der Waals surface area contributed by atoms with Gasteiger partial charge in [0, 0.05) is 19.6 Å². The second kappa shape index (κ2) is 13.4. The van der Waals surface area contributed by atoms with E-state index in [0.717, 1.165) is 16.7 Å². The van der Waals surface area contributed by atoms with Crippen LogP contribution in [0.3, 0.4) is 0 Å². The summed E-state index contributed by atoms with van der Waals surface area (Å²) in [4.78, 5) is 2.35. The third-order valence-electron chi connectivity index (χ3n) is 6.00. The molecule has 4 aromatic carbocycles. The van der Waals surface area contributed by atoms with Crippen molar-refractivity contribution in [2.75, 3.05) is 17.4 Å². The Balaban J connectivity index is 0.00000380. The zero-order valence-electron chi connectivity index (χ0n) is 20.9. The predicted octanol–water partition coefficient (Wildman–Crippen LogP) is 5.68. The number of aliphatic hydroxyl groups excluding tert-OH is 1. The number of hydrogen-bond acceptors (Lipinski definition) is 4. The van der Waals surface area contributed by atoms with Gasteiger partial charge in [-0.3, -0.25) is 9.21 Å². The largest absolute Gasteiger partial charge is 0.390 e. The first kappa shape index (κ1) is 28.4. The van der Waals surface area contributed by atoms with E-state index in [9.17, 15) is 13.5 Å². The van der Waals surface area contributed by atoms with Crippen molar-refractivity contribution in [1.82, 2.24) is 4.90 Å². The van der Waals surface area contributed by atoms with Crippen LogP contribution in [0.15, 0.2) is 120 Å². The summed E-state index contributed by atoms with van der Waals surface area (Å²) in [5.41, 5.74) is 3.83. The fourth-order valence-electron chi connectivity index (χ4n) is 4.19. The zero-order valence-corrected chi connectivity index (χ0v) is 22.5. The number of benzene rings is 4. The maximum Gasteiger partial charge on any atom is 0.264 e. The summed E-state index contributed by atoms with van der Waals surface area (Å²) in [5, 5.41) is 11.2. The number of aryl methyl sites for hydroxylation is 1. The van der Waals surface area contributed by atoms with E-state index >= 15 is 0 Å². The zero-order chi connectivity index (χ0) is 25.4. The Kier molecular flexibility index (Phi) is 10.3. The monoisotopic (exact) mass is 536 g/mol. The van der Waals surface area contributed by atoms with Crippen LogP contribution in [0.1, 0.15) is 16.7 Å². The molecular weight excluding hydrogens is 504 g/mol. The lowest BCUT2D eigenvalue weighted by Gasteiger charge is -2.30. The molecule has 0 aliphatic heterocycles. The summed E-state index contributed by atoms with van der Waals surface area (Å²) in [5.74, 6) is 0. The molecular formula is C30H33ClN2O3S. The van der Waals surface area contributed by atoms with Crippen LogP contribution in [-0.2, 0) is 23.1 Å². The van der Waals surface area contributed by atoms with Gasteiger partial charge in [0.05, 0.1) is 23.2 Å². The molecule has 37 heavy (non-hydrogen) atoms. The molecule has 0 aromatic heterocycles. The maximum atomic E-state index is 13.6. The van der Waals surface area contributed by atoms with Gasteiger partial charge in [-0.2, -0.15) is 0 Å². The summed E-state index contributed by atoms with van der Waals surface area (Å²) in [6.07, 6.45) is -0.905. The third-order valence-corrected chi connectivity index (χ3v) is 7.80. The second-order valence-electron chi connectivity index (χ2n) is 8.98. The van der Waals surface area contributed by atoms with Gasteiger partial charge in [0.2, 0.25) is 0 Å². The average Bonchev–Trinajstić information content (AvgIpc) is 2.89. The molecule has 0 bridgehead atoms. The molecule has 0 saturated carbocycles. The van der Waals surface area contributed by atoms with Crippen molar-refractivity contribution < 1.29 is 13.5 Å². The van der Waals surface area contributed by atoms with E-state index in [1.54, 1.807) is 42.5 Å². The molecule has 7 heteroatoms. The first-order chi connectivity index (χ1) is 17.4. The minimum Gasteiger partial charge on any atom is -0.390 e. The number of anilines is 1. The number of hydrogen-bond donors (Lipinski definition) is 1. The molecule has 0 aliphatic rings. The van der Waals surface area contributed by atoms with E-state index in [2.05, 4.69) is 29.2 Å².